The lowest BCUT2D eigenvalue weighted by Crippen LogP contribution is -2.21. The number of aromatic nitrogens is 1. The second-order valence-corrected chi connectivity index (χ2v) is 7.74. The smallest absolute Gasteiger partial charge is 0.365 e. The average molecular weight is 445 g/mol. The zero-order chi connectivity index (χ0) is 16.4. The Hall–Kier alpha value is -1.35. The van der Waals surface area contributed by atoms with E-state index in [2.05, 4.69) is 0 Å². The Kier molecular flexibility index (Phi) is 4.77. The van der Waals surface area contributed by atoms with Crippen molar-refractivity contribution in [2.75, 3.05) is 0 Å². The first-order valence-corrected chi connectivity index (χ1v) is 9.75. The molecule has 122 valence electrons. The molecule has 2 aromatic rings. The molecule has 0 atom stereocenters. The van der Waals surface area contributed by atoms with Crippen LogP contribution < -0.4 is 0 Å². The maximum absolute atomic E-state index is 13.1. The number of rotatable bonds is 3. The number of hydrogen-bond acceptors (Lipinski definition) is 4. The van der Waals surface area contributed by atoms with E-state index in [1.165, 1.54) is 39.1 Å². The number of fused-ring (bicyclic) bond motifs is 1. The van der Waals surface area contributed by atoms with Crippen LogP contribution in [0, 0.1) is 0 Å². The van der Waals surface area contributed by atoms with Crippen molar-refractivity contribution in [3.8, 4) is 0 Å². The minimum absolute atomic E-state index is 0.0788. The van der Waals surface area contributed by atoms with Gasteiger partial charge >= 0.3 is 5.97 Å². The zero-order valence-electron chi connectivity index (χ0n) is 12.4. The van der Waals surface area contributed by atoms with Crippen molar-refractivity contribution in [3.63, 3.8) is 0 Å². The molecule has 0 bridgehead atoms. The van der Waals surface area contributed by atoms with Crippen molar-refractivity contribution in [2.45, 2.75) is 37.0 Å². The highest BCUT2D eigenvalue weighted by molar-refractivity contribution is 14.1. The minimum atomic E-state index is -3.83. The highest BCUT2D eigenvalue weighted by Crippen LogP contribution is 2.29. The fraction of sp³-hybridized carbons (Fsp3) is 0.312. The van der Waals surface area contributed by atoms with Crippen LogP contribution in [0.5, 0.6) is 0 Å². The predicted molar refractivity (Wildman–Crippen MR) is 94.2 cm³/mol. The largest absolute Gasteiger partial charge is 0.390 e. The molecule has 1 heterocycles. The van der Waals surface area contributed by atoms with E-state index < -0.39 is 16.0 Å². The number of hydrogen-bond donors (Lipinski definition) is 0. The lowest BCUT2D eigenvalue weighted by molar-refractivity contribution is 0.0793. The summed E-state index contributed by atoms with van der Waals surface area (Å²) in [5.74, 6) is -0.641. The van der Waals surface area contributed by atoms with Crippen LogP contribution >= 0.6 is 23.0 Å². The number of carbonyl (C=O) groups is 1. The average Bonchev–Trinajstić information content (AvgIpc) is 2.79. The standard InChI is InChI=1S/C16H16INO4S/c17-22-16(19)15-11-12-7-3-1-6-10-14(12)18(15)23(20,21)13-8-4-2-5-9-13/h2,4-5,8-9,11H,1,3,6-7,10H2. The Morgan fingerprint density at radius 1 is 1.09 bits per heavy atom. The highest BCUT2D eigenvalue weighted by atomic mass is 127. The van der Waals surface area contributed by atoms with Gasteiger partial charge in [-0.2, -0.15) is 0 Å². The summed E-state index contributed by atoms with van der Waals surface area (Å²) in [4.78, 5) is 12.3. The summed E-state index contributed by atoms with van der Waals surface area (Å²) in [5.41, 5.74) is 1.72. The van der Waals surface area contributed by atoms with Gasteiger partial charge < -0.3 is 3.07 Å². The van der Waals surface area contributed by atoms with Gasteiger partial charge in [-0.1, -0.05) is 24.6 Å². The highest BCUT2D eigenvalue weighted by Gasteiger charge is 2.30. The Labute approximate surface area is 149 Å². The molecule has 0 unspecified atom stereocenters. The number of aryl methyl sites for hydroxylation is 1. The summed E-state index contributed by atoms with van der Waals surface area (Å²) in [6.45, 7) is 0. The molecule has 0 spiro atoms. The van der Waals surface area contributed by atoms with E-state index in [0.717, 1.165) is 31.2 Å². The van der Waals surface area contributed by atoms with Gasteiger partial charge in [0.1, 0.15) is 5.69 Å². The molecule has 1 aliphatic carbocycles. The Bertz CT molecular complexity index is 827. The maximum Gasteiger partial charge on any atom is 0.365 e. The molecule has 3 rings (SSSR count). The quantitative estimate of drug-likeness (QED) is 0.536. The van der Waals surface area contributed by atoms with Gasteiger partial charge in [-0.15, -0.1) is 0 Å². The van der Waals surface area contributed by atoms with Crippen molar-refractivity contribution in [3.05, 3.63) is 53.3 Å². The van der Waals surface area contributed by atoms with Crippen molar-refractivity contribution in [2.24, 2.45) is 0 Å². The van der Waals surface area contributed by atoms with E-state index >= 15 is 0 Å². The summed E-state index contributed by atoms with van der Waals surface area (Å²) in [5, 5.41) is 0. The van der Waals surface area contributed by atoms with Crippen molar-refractivity contribution in [1.82, 2.24) is 3.97 Å². The monoisotopic (exact) mass is 445 g/mol. The third-order valence-electron chi connectivity index (χ3n) is 4.07. The maximum atomic E-state index is 13.1. The molecular formula is C16H16INO4S. The van der Waals surface area contributed by atoms with E-state index in [0.29, 0.717) is 12.1 Å². The Morgan fingerprint density at radius 2 is 1.78 bits per heavy atom. The number of halogens is 1. The molecule has 1 aromatic carbocycles. The molecule has 7 heteroatoms. The van der Waals surface area contributed by atoms with Gasteiger partial charge in [0.25, 0.3) is 10.0 Å². The molecule has 0 fully saturated rings. The van der Waals surface area contributed by atoms with Gasteiger partial charge in [0.05, 0.1) is 4.90 Å². The minimum Gasteiger partial charge on any atom is -0.390 e. The fourth-order valence-corrected chi connectivity index (χ4v) is 4.82. The third-order valence-corrected chi connectivity index (χ3v) is 6.23. The van der Waals surface area contributed by atoms with E-state index in [9.17, 15) is 13.2 Å². The molecule has 0 radical (unpaired) electrons. The molecule has 5 nitrogen and oxygen atoms in total. The van der Waals surface area contributed by atoms with Gasteiger partial charge in [-0.25, -0.2) is 17.2 Å². The van der Waals surface area contributed by atoms with Crippen LogP contribution in [-0.4, -0.2) is 18.4 Å². The lowest BCUT2D eigenvalue weighted by atomic mass is 10.1. The number of nitrogens with zero attached hydrogens (tertiary/aromatic N) is 1. The zero-order valence-corrected chi connectivity index (χ0v) is 15.3. The second-order valence-electron chi connectivity index (χ2n) is 5.51. The first kappa shape index (κ1) is 16.5. The number of benzene rings is 1. The first-order valence-electron chi connectivity index (χ1n) is 7.42. The number of carbonyl (C=O) groups excluding carboxylic acids is 1. The van der Waals surface area contributed by atoms with Crippen LogP contribution in [0.2, 0.25) is 0 Å². The molecular weight excluding hydrogens is 429 g/mol. The molecule has 0 saturated carbocycles. The normalized spacial score (nSPS) is 14.8. The van der Waals surface area contributed by atoms with Gasteiger partial charge in [0.15, 0.2) is 23.0 Å². The Morgan fingerprint density at radius 3 is 2.48 bits per heavy atom. The van der Waals surface area contributed by atoms with Crippen molar-refractivity contribution in [1.29, 1.82) is 0 Å². The predicted octanol–water partition coefficient (Wildman–Crippen LogP) is 3.50. The lowest BCUT2D eigenvalue weighted by Gasteiger charge is -2.13. The van der Waals surface area contributed by atoms with Gasteiger partial charge in [-0.05, 0) is 49.4 Å². The van der Waals surface area contributed by atoms with Crippen LogP contribution in [0.4, 0.5) is 0 Å². The van der Waals surface area contributed by atoms with Crippen LogP contribution in [-0.2, 0) is 25.9 Å². The summed E-state index contributed by atoms with van der Waals surface area (Å²) in [6.07, 6.45) is 4.41. The summed E-state index contributed by atoms with van der Waals surface area (Å²) < 4.78 is 32.1. The summed E-state index contributed by atoms with van der Waals surface area (Å²) in [7, 11) is -3.83. The van der Waals surface area contributed by atoms with E-state index in [1.807, 2.05) is 0 Å². The molecule has 0 saturated heterocycles. The van der Waals surface area contributed by atoms with Crippen LogP contribution in [0.15, 0.2) is 41.3 Å². The molecule has 0 aliphatic heterocycles. The van der Waals surface area contributed by atoms with E-state index in [4.69, 9.17) is 3.07 Å². The molecule has 1 aromatic heterocycles. The van der Waals surface area contributed by atoms with E-state index in [-0.39, 0.29) is 10.6 Å². The molecule has 1 aliphatic rings. The van der Waals surface area contributed by atoms with Gasteiger partial charge in [0.2, 0.25) is 0 Å². The fourth-order valence-electron chi connectivity index (χ4n) is 3.00. The van der Waals surface area contributed by atoms with Gasteiger partial charge in [-0.3, -0.25) is 0 Å². The SMILES string of the molecule is O=C(OI)c1cc2c(n1S(=O)(=O)c1ccccc1)CCCCC2. The summed E-state index contributed by atoms with van der Waals surface area (Å²) >= 11 is 1.49. The van der Waals surface area contributed by atoms with Crippen LogP contribution in [0.25, 0.3) is 0 Å². The summed E-state index contributed by atoms with van der Waals surface area (Å²) in [6, 6.07) is 9.85. The van der Waals surface area contributed by atoms with Crippen LogP contribution in [0.1, 0.15) is 41.0 Å². The van der Waals surface area contributed by atoms with Crippen molar-refractivity contribution < 1.29 is 16.3 Å². The van der Waals surface area contributed by atoms with E-state index in [1.54, 1.807) is 24.3 Å². The molecule has 0 amide bonds. The first-order chi connectivity index (χ1) is 11.1. The molecule has 0 N–H and O–H groups in total. The van der Waals surface area contributed by atoms with Crippen LogP contribution in [0.3, 0.4) is 0 Å². The Balaban J connectivity index is 2.24. The van der Waals surface area contributed by atoms with Gasteiger partial charge in [0, 0.05) is 5.69 Å². The second kappa shape index (κ2) is 6.64. The third kappa shape index (κ3) is 3.03. The molecule has 23 heavy (non-hydrogen) atoms. The van der Waals surface area contributed by atoms with Crippen molar-refractivity contribution >= 4 is 39.0 Å². The topological polar surface area (TPSA) is 65.4 Å².